The molecule has 26 nitrogen and oxygen atoms in total. The average Bonchev–Trinajstić information content (AvgIpc) is 3.43. The zero-order valence-electron chi connectivity index (χ0n) is 46.8. The highest BCUT2D eigenvalue weighted by Crippen LogP contribution is 1.91. The topological polar surface area (TPSA) is 259 Å². The minimum absolute atomic E-state index is 0.00934. The van der Waals surface area contributed by atoms with Crippen molar-refractivity contribution >= 4 is 5.97 Å². The summed E-state index contributed by atoms with van der Waals surface area (Å²) in [7, 11) is 0. The summed E-state index contributed by atoms with van der Waals surface area (Å²) in [6, 6.07) is 0. The highest BCUT2D eigenvalue weighted by molar-refractivity contribution is 5.66. The molecular formula is C51H102O26. The van der Waals surface area contributed by atoms with Gasteiger partial charge in [0.25, 0.3) is 0 Å². The fourth-order valence-corrected chi connectivity index (χ4v) is 5.36. The summed E-state index contributed by atoms with van der Waals surface area (Å²) in [5.41, 5.74) is 0. The van der Waals surface area contributed by atoms with E-state index in [2.05, 4.69) is 0 Å². The van der Waals surface area contributed by atoms with Crippen LogP contribution in [0.25, 0.3) is 0 Å². The van der Waals surface area contributed by atoms with E-state index in [0.717, 1.165) is 0 Å². The maximum atomic E-state index is 10.4. The van der Waals surface area contributed by atoms with E-state index in [1.807, 2.05) is 6.92 Å². The normalized spacial score (nSPS) is 11.7. The Morgan fingerprint density at radius 1 is 0.182 bits per heavy atom. The van der Waals surface area contributed by atoms with E-state index in [1.54, 1.807) is 0 Å². The van der Waals surface area contributed by atoms with Crippen LogP contribution >= 0.6 is 0 Å². The molecule has 0 saturated heterocycles. The molecule has 0 radical (unpaired) electrons. The zero-order chi connectivity index (χ0) is 55.2. The molecule has 0 aromatic heterocycles. The Morgan fingerprint density at radius 2 is 0.273 bits per heavy atom. The molecule has 1 N–H and O–H groups in total. The summed E-state index contributed by atoms with van der Waals surface area (Å²) in [5.74, 6) is -0.879. The van der Waals surface area contributed by atoms with Crippen molar-refractivity contribution in [2.45, 2.75) is 13.3 Å². The van der Waals surface area contributed by atoms with E-state index >= 15 is 0 Å². The standard InChI is InChI=1S/C51H102O26/c1-2-54-5-6-56-9-10-58-13-14-60-17-18-62-21-22-64-25-26-66-29-30-68-33-34-70-37-38-72-41-42-74-45-46-76-49-50-77-48-47-75-44-43-73-40-39-71-36-35-69-32-31-67-28-27-65-24-23-63-20-19-61-16-15-59-12-11-57-8-7-55-4-3-51(52)53/h2-50H2,1H3,(H,52,53). The van der Waals surface area contributed by atoms with Crippen molar-refractivity contribution in [3.8, 4) is 0 Å². The van der Waals surface area contributed by atoms with E-state index < -0.39 is 5.97 Å². The molecule has 0 rings (SSSR count). The molecule has 0 bridgehead atoms. The van der Waals surface area contributed by atoms with Crippen molar-refractivity contribution in [2.75, 3.05) is 317 Å². The van der Waals surface area contributed by atoms with Crippen molar-refractivity contribution in [3.05, 3.63) is 0 Å². The van der Waals surface area contributed by atoms with Crippen molar-refractivity contribution in [1.29, 1.82) is 0 Å². The van der Waals surface area contributed by atoms with Crippen LogP contribution in [0.4, 0.5) is 0 Å². The molecule has 0 aliphatic carbocycles. The maximum Gasteiger partial charge on any atom is 0.305 e. The van der Waals surface area contributed by atoms with Crippen LogP contribution in [0, 0.1) is 0 Å². The van der Waals surface area contributed by atoms with Crippen LogP contribution in [-0.4, -0.2) is 328 Å². The molecule has 77 heavy (non-hydrogen) atoms. The lowest BCUT2D eigenvalue weighted by molar-refractivity contribution is -0.138. The monoisotopic (exact) mass is 1130 g/mol. The highest BCUT2D eigenvalue weighted by Gasteiger charge is 2.01. The van der Waals surface area contributed by atoms with Crippen LogP contribution in [0.3, 0.4) is 0 Å². The number of carboxylic acids is 1. The number of rotatable bonds is 73. The van der Waals surface area contributed by atoms with Crippen molar-refractivity contribution in [3.63, 3.8) is 0 Å². The van der Waals surface area contributed by atoms with Crippen LogP contribution in [0.15, 0.2) is 0 Å². The second-order valence-electron chi connectivity index (χ2n) is 15.4. The van der Waals surface area contributed by atoms with Gasteiger partial charge in [-0.05, 0) is 6.92 Å². The fraction of sp³-hybridized carbons (Fsp3) is 0.980. The van der Waals surface area contributed by atoms with Crippen molar-refractivity contribution < 1.29 is 124 Å². The third-order valence-corrected chi connectivity index (χ3v) is 9.22. The smallest absolute Gasteiger partial charge is 0.305 e. The summed E-state index contributed by atoms with van der Waals surface area (Å²) in [4.78, 5) is 10.4. The van der Waals surface area contributed by atoms with Crippen molar-refractivity contribution in [2.24, 2.45) is 0 Å². The number of aliphatic carboxylic acids is 1. The van der Waals surface area contributed by atoms with Crippen LogP contribution in [0.1, 0.15) is 13.3 Å². The summed E-state index contributed by atoms with van der Waals surface area (Å²) in [6.45, 7) is 25.3. The van der Waals surface area contributed by atoms with Gasteiger partial charge in [0, 0.05) is 6.61 Å². The first-order valence-electron chi connectivity index (χ1n) is 27.3. The fourth-order valence-electron chi connectivity index (χ4n) is 5.36. The molecule has 0 atom stereocenters. The molecule has 0 unspecified atom stereocenters. The van der Waals surface area contributed by atoms with Crippen LogP contribution < -0.4 is 0 Å². The molecule has 462 valence electrons. The van der Waals surface area contributed by atoms with E-state index in [1.165, 1.54) is 0 Å². The summed E-state index contributed by atoms with van der Waals surface area (Å²) < 4.78 is 131. The van der Waals surface area contributed by atoms with Gasteiger partial charge in [-0.25, -0.2) is 0 Å². The van der Waals surface area contributed by atoms with Gasteiger partial charge in [-0.15, -0.1) is 0 Å². The molecule has 0 aromatic rings. The Labute approximate surface area is 459 Å². The SMILES string of the molecule is CCOCCOCCOCCOCCOCCOCCOCCOCCOCCOCCOCCOCCOCCOCCOCCOCCOCCOCCOCCOCCOCCOCCOCCOCCC(=O)O. The van der Waals surface area contributed by atoms with Gasteiger partial charge in [0.05, 0.1) is 317 Å². The van der Waals surface area contributed by atoms with Gasteiger partial charge < -0.3 is 119 Å². The van der Waals surface area contributed by atoms with Gasteiger partial charge in [-0.3, -0.25) is 4.79 Å². The first-order chi connectivity index (χ1) is 38.3. The van der Waals surface area contributed by atoms with Crippen LogP contribution in [0.2, 0.25) is 0 Å². The zero-order valence-corrected chi connectivity index (χ0v) is 46.8. The third kappa shape index (κ3) is 74.5. The van der Waals surface area contributed by atoms with Gasteiger partial charge in [-0.1, -0.05) is 0 Å². The Morgan fingerprint density at radius 3 is 0.364 bits per heavy atom. The van der Waals surface area contributed by atoms with E-state index in [4.69, 9.17) is 119 Å². The van der Waals surface area contributed by atoms with Crippen LogP contribution in [-0.2, 0) is 118 Å². The molecule has 0 heterocycles. The molecule has 0 amide bonds. The molecule has 0 saturated carbocycles. The predicted molar refractivity (Wildman–Crippen MR) is 278 cm³/mol. The maximum absolute atomic E-state index is 10.4. The first kappa shape index (κ1) is 75.5. The number of carbonyl (C=O) groups is 1. The summed E-state index contributed by atoms with van der Waals surface area (Å²) in [6.07, 6.45) is -0.00934. The lowest BCUT2D eigenvalue weighted by Gasteiger charge is -2.09. The first-order valence-corrected chi connectivity index (χ1v) is 27.3. The molecule has 26 heteroatoms. The molecule has 0 aliphatic heterocycles. The molecule has 0 aromatic carbocycles. The minimum atomic E-state index is -0.879. The Balaban J connectivity index is 3.08. The lowest BCUT2D eigenvalue weighted by Crippen LogP contribution is -2.16. The van der Waals surface area contributed by atoms with Gasteiger partial charge in [0.2, 0.25) is 0 Å². The Bertz CT molecular complexity index is 1060. The minimum Gasteiger partial charge on any atom is -0.481 e. The van der Waals surface area contributed by atoms with E-state index in [9.17, 15) is 4.79 Å². The average molecular weight is 1130 g/mol. The van der Waals surface area contributed by atoms with Gasteiger partial charge in [0.1, 0.15) is 0 Å². The number of carboxylic acid groups (broad SMARTS) is 1. The largest absolute Gasteiger partial charge is 0.481 e. The highest BCUT2D eigenvalue weighted by atomic mass is 16.6. The summed E-state index contributed by atoms with van der Waals surface area (Å²) >= 11 is 0. The lowest BCUT2D eigenvalue weighted by atomic mass is 10.5. The van der Waals surface area contributed by atoms with Crippen LogP contribution in [0.5, 0.6) is 0 Å². The van der Waals surface area contributed by atoms with Crippen molar-refractivity contribution in [1.82, 2.24) is 0 Å². The molecule has 0 fully saturated rings. The number of ether oxygens (including phenoxy) is 24. The van der Waals surface area contributed by atoms with Gasteiger partial charge in [0.15, 0.2) is 0 Å². The number of hydrogen-bond acceptors (Lipinski definition) is 25. The quantitative estimate of drug-likeness (QED) is 0.0829. The molecular weight excluding hydrogens is 1030 g/mol. The molecule has 0 aliphatic rings. The van der Waals surface area contributed by atoms with Gasteiger partial charge >= 0.3 is 5.97 Å². The predicted octanol–water partition coefficient (Wildman–Crippen LogP) is 0.879. The number of hydrogen-bond donors (Lipinski definition) is 1. The third-order valence-electron chi connectivity index (χ3n) is 9.22. The summed E-state index contributed by atoms with van der Waals surface area (Å²) in [5, 5.41) is 8.52. The Hall–Kier alpha value is -1.49. The second-order valence-corrected chi connectivity index (χ2v) is 15.4. The van der Waals surface area contributed by atoms with Gasteiger partial charge in [-0.2, -0.15) is 0 Å². The Kier molecular flexibility index (Phi) is 71.1. The van der Waals surface area contributed by atoms with E-state index in [0.29, 0.717) is 311 Å². The van der Waals surface area contributed by atoms with E-state index in [-0.39, 0.29) is 13.0 Å². The molecule has 0 spiro atoms. The second kappa shape index (κ2) is 72.5.